The Morgan fingerprint density at radius 1 is 1.28 bits per heavy atom. The Morgan fingerprint density at radius 3 is 2.78 bits per heavy atom. The SMILES string of the molecule is CN(C)c1cccc(/C=C/c2nnc(CCl)o2)c1. The van der Waals surface area contributed by atoms with Gasteiger partial charge in [0, 0.05) is 25.9 Å². The van der Waals surface area contributed by atoms with E-state index in [2.05, 4.69) is 27.2 Å². The van der Waals surface area contributed by atoms with E-state index >= 15 is 0 Å². The minimum atomic E-state index is 0.233. The standard InChI is InChI=1S/C13H14ClN3O/c1-17(2)11-5-3-4-10(8-11)6-7-12-15-16-13(9-14)18-12/h3-8H,9H2,1-2H3/b7-6+. The highest BCUT2D eigenvalue weighted by atomic mass is 35.5. The van der Waals surface area contributed by atoms with Gasteiger partial charge in [-0.1, -0.05) is 12.1 Å². The molecule has 1 heterocycles. The second-order valence-corrected chi connectivity index (χ2v) is 4.26. The first-order chi connectivity index (χ1) is 8.69. The summed E-state index contributed by atoms with van der Waals surface area (Å²) in [4.78, 5) is 2.05. The lowest BCUT2D eigenvalue weighted by Gasteiger charge is -2.12. The zero-order chi connectivity index (χ0) is 13.0. The molecule has 0 N–H and O–H groups in total. The largest absolute Gasteiger partial charge is 0.420 e. The van der Waals surface area contributed by atoms with Gasteiger partial charge in [0.2, 0.25) is 11.8 Å². The van der Waals surface area contributed by atoms with Crippen molar-refractivity contribution in [2.45, 2.75) is 5.88 Å². The van der Waals surface area contributed by atoms with Crippen LogP contribution in [0.2, 0.25) is 0 Å². The Labute approximate surface area is 111 Å². The van der Waals surface area contributed by atoms with Crippen molar-refractivity contribution in [2.75, 3.05) is 19.0 Å². The molecule has 1 aromatic carbocycles. The smallest absolute Gasteiger partial charge is 0.240 e. The highest BCUT2D eigenvalue weighted by Gasteiger charge is 2.01. The van der Waals surface area contributed by atoms with Crippen LogP contribution < -0.4 is 4.90 Å². The zero-order valence-electron chi connectivity index (χ0n) is 10.3. The van der Waals surface area contributed by atoms with Crippen LogP contribution in [-0.2, 0) is 5.88 Å². The van der Waals surface area contributed by atoms with Crippen molar-refractivity contribution in [3.8, 4) is 0 Å². The van der Waals surface area contributed by atoms with E-state index in [-0.39, 0.29) is 5.88 Å². The number of alkyl halides is 1. The average molecular weight is 264 g/mol. The molecular weight excluding hydrogens is 250 g/mol. The number of hydrogen-bond acceptors (Lipinski definition) is 4. The summed E-state index contributed by atoms with van der Waals surface area (Å²) in [7, 11) is 4.02. The number of nitrogens with zero attached hydrogens (tertiary/aromatic N) is 3. The van der Waals surface area contributed by atoms with Crippen molar-refractivity contribution in [1.82, 2.24) is 10.2 Å². The molecule has 2 aromatic rings. The van der Waals surface area contributed by atoms with E-state index in [4.69, 9.17) is 16.0 Å². The number of anilines is 1. The first-order valence-electron chi connectivity index (χ1n) is 5.53. The fourth-order valence-corrected chi connectivity index (χ4v) is 1.57. The maximum absolute atomic E-state index is 5.59. The molecule has 0 aliphatic heterocycles. The fourth-order valence-electron chi connectivity index (χ4n) is 1.46. The molecule has 4 nitrogen and oxygen atoms in total. The molecule has 1 aromatic heterocycles. The van der Waals surface area contributed by atoms with Crippen LogP contribution in [0.4, 0.5) is 5.69 Å². The summed E-state index contributed by atoms with van der Waals surface area (Å²) in [5, 5.41) is 7.65. The fraction of sp³-hybridized carbons (Fsp3) is 0.231. The third kappa shape index (κ3) is 3.11. The average Bonchev–Trinajstić information content (AvgIpc) is 2.84. The van der Waals surface area contributed by atoms with Crippen molar-refractivity contribution < 1.29 is 4.42 Å². The van der Waals surface area contributed by atoms with Crippen LogP contribution in [0.3, 0.4) is 0 Å². The molecule has 0 saturated carbocycles. The maximum Gasteiger partial charge on any atom is 0.240 e. The quantitative estimate of drug-likeness (QED) is 0.795. The number of aromatic nitrogens is 2. The van der Waals surface area contributed by atoms with Crippen LogP contribution in [-0.4, -0.2) is 24.3 Å². The molecule has 5 heteroatoms. The third-order valence-electron chi connectivity index (χ3n) is 2.40. The van der Waals surface area contributed by atoms with E-state index in [0.29, 0.717) is 11.8 Å². The van der Waals surface area contributed by atoms with Gasteiger partial charge in [0.1, 0.15) is 5.88 Å². The highest BCUT2D eigenvalue weighted by Crippen LogP contribution is 2.15. The summed E-state index contributed by atoms with van der Waals surface area (Å²) in [6, 6.07) is 8.15. The molecule has 0 radical (unpaired) electrons. The van der Waals surface area contributed by atoms with Crippen LogP contribution in [0.5, 0.6) is 0 Å². The molecule has 0 unspecified atom stereocenters. The Balaban J connectivity index is 2.15. The van der Waals surface area contributed by atoms with Gasteiger partial charge in [-0.05, 0) is 23.8 Å². The monoisotopic (exact) mass is 263 g/mol. The molecule has 18 heavy (non-hydrogen) atoms. The van der Waals surface area contributed by atoms with Crippen LogP contribution in [0.25, 0.3) is 12.2 Å². The van der Waals surface area contributed by atoms with Crippen molar-refractivity contribution in [3.05, 3.63) is 41.6 Å². The van der Waals surface area contributed by atoms with Gasteiger partial charge in [-0.15, -0.1) is 21.8 Å². The summed E-state index contributed by atoms with van der Waals surface area (Å²) >= 11 is 5.59. The lowest BCUT2D eigenvalue weighted by atomic mass is 10.2. The van der Waals surface area contributed by atoms with Crippen molar-refractivity contribution in [2.24, 2.45) is 0 Å². The number of halogens is 1. The molecule has 0 bridgehead atoms. The molecule has 0 aliphatic carbocycles. The summed E-state index contributed by atoms with van der Waals surface area (Å²) < 4.78 is 5.28. The van der Waals surface area contributed by atoms with Crippen LogP contribution >= 0.6 is 11.6 Å². The van der Waals surface area contributed by atoms with Crippen LogP contribution in [0.1, 0.15) is 17.3 Å². The van der Waals surface area contributed by atoms with Crippen LogP contribution in [0.15, 0.2) is 28.7 Å². The van der Waals surface area contributed by atoms with E-state index in [1.54, 1.807) is 6.08 Å². The Kier molecular flexibility index (Phi) is 3.99. The first kappa shape index (κ1) is 12.6. The maximum atomic E-state index is 5.59. The van der Waals surface area contributed by atoms with E-state index in [1.807, 2.05) is 32.3 Å². The minimum Gasteiger partial charge on any atom is -0.420 e. The third-order valence-corrected chi connectivity index (χ3v) is 2.63. The predicted molar refractivity (Wildman–Crippen MR) is 73.6 cm³/mol. The number of rotatable bonds is 4. The summed E-state index contributed by atoms with van der Waals surface area (Å²) in [5.41, 5.74) is 2.22. The topological polar surface area (TPSA) is 42.2 Å². The highest BCUT2D eigenvalue weighted by molar-refractivity contribution is 6.16. The van der Waals surface area contributed by atoms with Gasteiger partial charge >= 0.3 is 0 Å². The molecule has 0 spiro atoms. The van der Waals surface area contributed by atoms with Gasteiger partial charge in [-0.3, -0.25) is 0 Å². The van der Waals surface area contributed by atoms with E-state index < -0.39 is 0 Å². The second-order valence-electron chi connectivity index (χ2n) is 3.99. The van der Waals surface area contributed by atoms with Crippen molar-refractivity contribution >= 4 is 29.4 Å². The molecular formula is C13H14ClN3O. The molecule has 0 aliphatic rings. The molecule has 94 valence electrons. The molecule has 0 atom stereocenters. The van der Waals surface area contributed by atoms with Crippen LogP contribution in [0, 0.1) is 0 Å². The van der Waals surface area contributed by atoms with Crippen molar-refractivity contribution in [3.63, 3.8) is 0 Å². The lowest BCUT2D eigenvalue weighted by molar-refractivity contribution is 0.505. The molecule has 2 rings (SSSR count). The molecule has 0 saturated heterocycles. The first-order valence-corrected chi connectivity index (χ1v) is 6.06. The van der Waals surface area contributed by atoms with E-state index in [9.17, 15) is 0 Å². The summed E-state index contributed by atoms with van der Waals surface area (Å²) in [5.74, 6) is 1.12. The summed E-state index contributed by atoms with van der Waals surface area (Å²) in [6.45, 7) is 0. The number of benzene rings is 1. The van der Waals surface area contributed by atoms with Gasteiger partial charge in [0.25, 0.3) is 0 Å². The lowest BCUT2D eigenvalue weighted by Crippen LogP contribution is -2.08. The van der Waals surface area contributed by atoms with E-state index in [0.717, 1.165) is 11.3 Å². The van der Waals surface area contributed by atoms with Gasteiger partial charge in [-0.2, -0.15) is 0 Å². The predicted octanol–water partition coefficient (Wildman–Crippen LogP) is 3.04. The minimum absolute atomic E-state index is 0.233. The van der Waals surface area contributed by atoms with Gasteiger partial charge in [0.15, 0.2) is 0 Å². The molecule has 0 fully saturated rings. The van der Waals surface area contributed by atoms with Gasteiger partial charge in [-0.25, -0.2) is 0 Å². The normalized spacial score (nSPS) is 11.1. The zero-order valence-corrected chi connectivity index (χ0v) is 11.1. The number of hydrogen-bond donors (Lipinski definition) is 0. The summed E-state index contributed by atoms with van der Waals surface area (Å²) in [6.07, 6.45) is 3.70. The molecule has 0 amide bonds. The Hall–Kier alpha value is -1.81. The second kappa shape index (κ2) is 5.69. The Bertz CT molecular complexity index is 549. The van der Waals surface area contributed by atoms with Gasteiger partial charge < -0.3 is 9.32 Å². The van der Waals surface area contributed by atoms with Gasteiger partial charge in [0.05, 0.1) is 0 Å². The van der Waals surface area contributed by atoms with Crippen molar-refractivity contribution in [1.29, 1.82) is 0 Å². The van der Waals surface area contributed by atoms with E-state index in [1.165, 1.54) is 0 Å². The Morgan fingerprint density at radius 2 is 2.11 bits per heavy atom.